The lowest BCUT2D eigenvalue weighted by Gasteiger charge is -2.07. The van der Waals surface area contributed by atoms with Crippen molar-refractivity contribution in [2.75, 3.05) is 5.32 Å². The molecule has 100 valence electrons. The summed E-state index contributed by atoms with van der Waals surface area (Å²) in [5, 5.41) is 7.49. The minimum absolute atomic E-state index is 0.217. The minimum Gasteiger partial charge on any atom is -0.319 e. The van der Waals surface area contributed by atoms with Gasteiger partial charge in [-0.15, -0.1) is 0 Å². The number of aryl methyl sites for hydroxylation is 2. The van der Waals surface area contributed by atoms with Crippen molar-refractivity contribution in [1.29, 1.82) is 0 Å². The third kappa shape index (κ3) is 2.72. The highest BCUT2D eigenvalue weighted by atomic mass is 35.5. The first-order chi connectivity index (χ1) is 8.90. The lowest BCUT2D eigenvalue weighted by Crippen LogP contribution is -2.14. The molecule has 1 amide bonds. The quantitative estimate of drug-likeness (QED) is 0.867. The van der Waals surface area contributed by atoms with E-state index in [4.69, 9.17) is 23.2 Å². The Hall–Kier alpha value is -1.59. The van der Waals surface area contributed by atoms with Gasteiger partial charge in [-0.2, -0.15) is 5.10 Å². The van der Waals surface area contributed by atoms with E-state index in [2.05, 4.69) is 15.4 Å². The molecule has 7 heteroatoms. The molecule has 2 aromatic rings. The first-order valence-electron chi connectivity index (χ1n) is 5.52. The molecule has 0 radical (unpaired) electrons. The fourth-order valence-corrected chi connectivity index (χ4v) is 2.07. The van der Waals surface area contributed by atoms with Crippen LogP contribution in [0.15, 0.2) is 12.3 Å². The maximum absolute atomic E-state index is 12.2. The van der Waals surface area contributed by atoms with Crippen LogP contribution in [0, 0.1) is 13.8 Å². The van der Waals surface area contributed by atoms with Crippen molar-refractivity contribution in [3.8, 4) is 0 Å². The highest BCUT2D eigenvalue weighted by Crippen LogP contribution is 2.22. The molecule has 2 rings (SSSR count). The molecule has 0 aliphatic rings. The average Bonchev–Trinajstić information content (AvgIpc) is 2.59. The van der Waals surface area contributed by atoms with Crippen LogP contribution in [-0.4, -0.2) is 20.7 Å². The van der Waals surface area contributed by atoms with Crippen molar-refractivity contribution in [2.45, 2.75) is 13.8 Å². The highest BCUT2D eigenvalue weighted by molar-refractivity contribution is 6.35. The summed E-state index contributed by atoms with van der Waals surface area (Å²) in [6, 6.07) is 1.43. The number of hydrogen-bond acceptors (Lipinski definition) is 3. The van der Waals surface area contributed by atoms with Gasteiger partial charge in [-0.05, 0) is 19.9 Å². The van der Waals surface area contributed by atoms with Crippen LogP contribution < -0.4 is 5.32 Å². The monoisotopic (exact) mass is 298 g/mol. The van der Waals surface area contributed by atoms with Gasteiger partial charge in [-0.25, -0.2) is 4.98 Å². The molecule has 2 heterocycles. The average molecular weight is 299 g/mol. The Bertz CT molecular complexity index is 651. The molecule has 0 unspecified atom stereocenters. The lowest BCUT2D eigenvalue weighted by molar-refractivity contribution is 0.102. The molecule has 0 aliphatic carbocycles. The van der Waals surface area contributed by atoms with Gasteiger partial charge in [0.25, 0.3) is 5.91 Å². The zero-order valence-electron chi connectivity index (χ0n) is 10.7. The standard InChI is InChI=1S/C12H12Cl2N4O/c1-6-11(7(2)18(3)17-6)16-12(19)8-4-10(14)15-5-9(8)13/h4-5H,1-3H3,(H,16,19). The van der Waals surface area contributed by atoms with Crippen molar-refractivity contribution in [3.05, 3.63) is 39.4 Å². The molecule has 19 heavy (non-hydrogen) atoms. The van der Waals surface area contributed by atoms with Gasteiger partial charge in [0.1, 0.15) is 5.15 Å². The van der Waals surface area contributed by atoms with Crippen molar-refractivity contribution in [1.82, 2.24) is 14.8 Å². The molecule has 5 nitrogen and oxygen atoms in total. The molecule has 2 aromatic heterocycles. The van der Waals surface area contributed by atoms with Crippen molar-refractivity contribution < 1.29 is 4.79 Å². The summed E-state index contributed by atoms with van der Waals surface area (Å²) in [6.07, 6.45) is 1.35. The minimum atomic E-state index is -0.339. The van der Waals surface area contributed by atoms with Crippen LogP contribution in [0.5, 0.6) is 0 Å². The van der Waals surface area contributed by atoms with E-state index in [0.717, 1.165) is 11.4 Å². The molecule has 1 N–H and O–H groups in total. The van der Waals surface area contributed by atoms with E-state index >= 15 is 0 Å². The Morgan fingerprint density at radius 3 is 2.63 bits per heavy atom. The number of carbonyl (C=O) groups is 1. The maximum atomic E-state index is 12.2. The first-order valence-corrected chi connectivity index (χ1v) is 6.28. The second-order valence-corrected chi connectivity index (χ2v) is 4.90. The van der Waals surface area contributed by atoms with Crippen LogP contribution >= 0.6 is 23.2 Å². The number of anilines is 1. The molecule has 0 bridgehead atoms. The van der Waals surface area contributed by atoms with Gasteiger partial charge >= 0.3 is 0 Å². The van der Waals surface area contributed by atoms with E-state index in [-0.39, 0.29) is 21.6 Å². The third-order valence-electron chi connectivity index (χ3n) is 2.81. The van der Waals surface area contributed by atoms with Crippen molar-refractivity contribution >= 4 is 34.8 Å². The second kappa shape index (κ2) is 5.19. The number of aromatic nitrogens is 3. The molecule has 0 saturated carbocycles. The maximum Gasteiger partial charge on any atom is 0.257 e. The summed E-state index contributed by atoms with van der Waals surface area (Å²) >= 11 is 11.7. The second-order valence-electron chi connectivity index (χ2n) is 4.11. The summed E-state index contributed by atoms with van der Waals surface area (Å²) in [5.74, 6) is -0.339. The molecule has 0 atom stereocenters. The zero-order chi connectivity index (χ0) is 14.2. The van der Waals surface area contributed by atoms with Crippen LogP contribution in [0.2, 0.25) is 10.2 Å². The Morgan fingerprint density at radius 2 is 2.05 bits per heavy atom. The molecule has 0 saturated heterocycles. The number of amides is 1. The molecule has 0 fully saturated rings. The van der Waals surface area contributed by atoms with Gasteiger partial charge < -0.3 is 5.32 Å². The molecule has 0 spiro atoms. The van der Waals surface area contributed by atoms with E-state index in [1.165, 1.54) is 12.3 Å². The summed E-state index contributed by atoms with van der Waals surface area (Å²) < 4.78 is 1.70. The van der Waals surface area contributed by atoms with E-state index < -0.39 is 0 Å². The molecular formula is C12H12Cl2N4O. The fraction of sp³-hybridized carbons (Fsp3) is 0.250. The summed E-state index contributed by atoms with van der Waals surface area (Å²) in [5.41, 5.74) is 2.56. The lowest BCUT2D eigenvalue weighted by atomic mass is 10.2. The predicted molar refractivity (Wildman–Crippen MR) is 74.9 cm³/mol. The fourth-order valence-electron chi connectivity index (χ4n) is 1.72. The van der Waals surface area contributed by atoms with Crippen LogP contribution in [0.3, 0.4) is 0 Å². The van der Waals surface area contributed by atoms with E-state index in [0.29, 0.717) is 5.69 Å². The highest BCUT2D eigenvalue weighted by Gasteiger charge is 2.16. The Labute approximate surface area is 120 Å². The summed E-state index contributed by atoms with van der Waals surface area (Å²) in [7, 11) is 1.81. The zero-order valence-corrected chi connectivity index (χ0v) is 12.2. The topological polar surface area (TPSA) is 59.8 Å². The Morgan fingerprint density at radius 1 is 1.37 bits per heavy atom. The summed E-state index contributed by atoms with van der Waals surface area (Å²) in [4.78, 5) is 16.0. The third-order valence-corrected chi connectivity index (χ3v) is 3.32. The molecule has 0 aromatic carbocycles. The number of carbonyl (C=O) groups excluding carboxylic acids is 1. The molecule has 0 aliphatic heterocycles. The van der Waals surface area contributed by atoms with Crippen LogP contribution in [-0.2, 0) is 7.05 Å². The number of hydrogen-bond donors (Lipinski definition) is 1. The van der Waals surface area contributed by atoms with Crippen LogP contribution in [0.25, 0.3) is 0 Å². The van der Waals surface area contributed by atoms with E-state index in [9.17, 15) is 4.79 Å². The number of halogens is 2. The van der Waals surface area contributed by atoms with Gasteiger partial charge in [0.05, 0.1) is 27.7 Å². The largest absolute Gasteiger partial charge is 0.319 e. The Kier molecular flexibility index (Phi) is 3.78. The Balaban J connectivity index is 2.33. The summed E-state index contributed by atoms with van der Waals surface area (Å²) in [6.45, 7) is 3.69. The molecular weight excluding hydrogens is 287 g/mol. The van der Waals surface area contributed by atoms with Gasteiger partial charge in [0, 0.05) is 13.2 Å². The SMILES string of the molecule is Cc1nn(C)c(C)c1NC(=O)c1cc(Cl)ncc1Cl. The van der Waals surface area contributed by atoms with Gasteiger partial charge in [-0.3, -0.25) is 9.48 Å². The van der Waals surface area contributed by atoms with Crippen molar-refractivity contribution in [3.63, 3.8) is 0 Å². The van der Waals surface area contributed by atoms with E-state index in [1.807, 2.05) is 20.9 Å². The predicted octanol–water partition coefficient (Wildman–Crippen LogP) is 2.99. The van der Waals surface area contributed by atoms with Gasteiger partial charge in [0.2, 0.25) is 0 Å². The van der Waals surface area contributed by atoms with Crippen LogP contribution in [0.4, 0.5) is 5.69 Å². The number of nitrogens with one attached hydrogen (secondary N) is 1. The normalized spacial score (nSPS) is 10.6. The van der Waals surface area contributed by atoms with Crippen molar-refractivity contribution in [2.24, 2.45) is 7.05 Å². The van der Waals surface area contributed by atoms with Gasteiger partial charge in [-0.1, -0.05) is 23.2 Å². The smallest absolute Gasteiger partial charge is 0.257 e. The number of pyridine rings is 1. The first kappa shape index (κ1) is 13.8. The number of nitrogens with zero attached hydrogens (tertiary/aromatic N) is 3. The van der Waals surface area contributed by atoms with Gasteiger partial charge in [0.15, 0.2) is 0 Å². The van der Waals surface area contributed by atoms with Crippen LogP contribution in [0.1, 0.15) is 21.7 Å². The number of rotatable bonds is 2. The van der Waals surface area contributed by atoms with E-state index in [1.54, 1.807) is 4.68 Å².